The topological polar surface area (TPSA) is 41.6 Å². The normalized spacial score (nSPS) is 12.5. The van der Waals surface area contributed by atoms with Crippen molar-refractivity contribution in [3.8, 4) is 11.1 Å². The molecule has 0 fully saturated rings. The zero-order chi connectivity index (χ0) is 21.6. The summed E-state index contributed by atoms with van der Waals surface area (Å²) in [7, 11) is 4.06. The lowest BCUT2D eigenvalue weighted by Gasteiger charge is -2.14. The first kappa shape index (κ1) is 20.7. The lowest BCUT2D eigenvalue weighted by Crippen LogP contribution is -2.26. The summed E-state index contributed by atoms with van der Waals surface area (Å²) >= 11 is 0. The van der Waals surface area contributed by atoms with E-state index in [-0.39, 0.29) is 12.0 Å². The fourth-order valence-corrected chi connectivity index (χ4v) is 4.03. The van der Waals surface area contributed by atoms with Crippen molar-refractivity contribution in [3.05, 3.63) is 95.6 Å². The van der Waals surface area contributed by atoms with Gasteiger partial charge in [-0.1, -0.05) is 72.8 Å². The van der Waals surface area contributed by atoms with Crippen LogP contribution in [0.3, 0.4) is 0 Å². The van der Waals surface area contributed by atoms with E-state index in [0.717, 1.165) is 12.0 Å². The number of hydrogen-bond acceptors (Lipinski definition) is 3. The Hall–Kier alpha value is -3.53. The van der Waals surface area contributed by atoms with Crippen molar-refractivity contribution >= 4 is 17.9 Å². The molecule has 0 saturated heterocycles. The summed E-state index contributed by atoms with van der Waals surface area (Å²) in [6, 6.07) is 25.0. The van der Waals surface area contributed by atoms with Gasteiger partial charge in [-0.2, -0.15) is 0 Å². The Labute approximate surface area is 184 Å². The van der Waals surface area contributed by atoms with E-state index >= 15 is 0 Å². The van der Waals surface area contributed by atoms with E-state index in [1.807, 2.05) is 32.3 Å². The van der Waals surface area contributed by atoms with E-state index in [1.165, 1.54) is 27.9 Å². The number of anilines is 1. The molecule has 3 aromatic carbocycles. The minimum Gasteiger partial charge on any atom is -0.449 e. The summed E-state index contributed by atoms with van der Waals surface area (Å²) < 4.78 is 5.57. The van der Waals surface area contributed by atoms with Gasteiger partial charge in [0.15, 0.2) is 0 Å². The summed E-state index contributed by atoms with van der Waals surface area (Å²) in [4.78, 5) is 14.3. The Morgan fingerprint density at radius 1 is 0.968 bits per heavy atom. The number of ether oxygens (including phenoxy) is 1. The van der Waals surface area contributed by atoms with Crippen molar-refractivity contribution in [2.24, 2.45) is 0 Å². The monoisotopic (exact) mass is 412 g/mol. The molecule has 0 heterocycles. The van der Waals surface area contributed by atoms with Gasteiger partial charge < -0.3 is 15.0 Å². The van der Waals surface area contributed by atoms with Crippen LogP contribution in [0.15, 0.2) is 78.9 Å². The fourth-order valence-electron chi connectivity index (χ4n) is 4.03. The summed E-state index contributed by atoms with van der Waals surface area (Å²) in [5.41, 5.74) is 7.22. The van der Waals surface area contributed by atoms with Gasteiger partial charge in [0.1, 0.15) is 6.61 Å². The molecule has 0 atom stereocenters. The number of fused-ring (bicyclic) bond motifs is 3. The van der Waals surface area contributed by atoms with Crippen LogP contribution in [0.4, 0.5) is 10.5 Å². The second-order valence-electron chi connectivity index (χ2n) is 7.93. The number of nitrogens with zero attached hydrogens (tertiary/aromatic N) is 1. The quantitative estimate of drug-likeness (QED) is 0.507. The molecular formula is C27H28N2O2. The highest BCUT2D eigenvalue weighted by Gasteiger charge is 2.28. The number of carbonyl (C=O) groups excluding carboxylic acids is 1. The largest absolute Gasteiger partial charge is 0.449 e. The van der Waals surface area contributed by atoms with Gasteiger partial charge in [-0.05, 0) is 46.4 Å². The molecule has 0 unspecified atom stereocenters. The van der Waals surface area contributed by atoms with Crippen LogP contribution in [0, 0.1) is 0 Å². The molecule has 1 aliphatic rings. The van der Waals surface area contributed by atoms with E-state index in [0.29, 0.717) is 13.2 Å². The van der Waals surface area contributed by atoms with Crippen LogP contribution in [-0.2, 0) is 4.74 Å². The van der Waals surface area contributed by atoms with Crippen molar-refractivity contribution in [2.75, 3.05) is 32.1 Å². The molecule has 31 heavy (non-hydrogen) atoms. The molecule has 158 valence electrons. The molecule has 0 radical (unpaired) electrons. The van der Waals surface area contributed by atoms with Crippen LogP contribution in [0.2, 0.25) is 0 Å². The molecule has 0 spiro atoms. The highest BCUT2D eigenvalue weighted by atomic mass is 16.5. The van der Waals surface area contributed by atoms with E-state index in [2.05, 4.69) is 77.0 Å². The standard InChI is InChI=1S/C27H28N2O2/c1-29(2)21-12-9-11-20(18-21)10-7-8-17-28-27(30)31-19-26-24-15-5-3-13-22(24)23-14-4-6-16-25(23)26/h3-7,9-16,18,26H,8,17,19H2,1-2H3,(H,28,30). The van der Waals surface area contributed by atoms with Gasteiger partial charge >= 0.3 is 6.09 Å². The van der Waals surface area contributed by atoms with Gasteiger partial charge in [0.25, 0.3) is 0 Å². The Balaban J connectivity index is 1.26. The van der Waals surface area contributed by atoms with Gasteiger partial charge in [0.05, 0.1) is 0 Å². The van der Waals surface area contributed by atoms with Crippen molar-refractivity contribution in [2.45, 2.75) is 12.3 Å². The third-order valence-electron chi connectivity index (χ3n) is 5.62. The summed E-state index contributed by atoms with van der Waals surface area (Å²) in [6.07, 6.45) is 4.52. The number of carbonyl (C=O) groups is 1. The van der Waals surface area contributed by atoms with Gasteiger partial charge in [-0.15, -0.1) is 0 Å². The SMILES string of the molecule is CN(C)c1cccc(C=CCCNC(=O)OCC2c3ccccc3-c3ccccc32)c1. The number of rotatable bonds is 7. The first-order chi connectivity index (χ1) is 15.1. The van der Waals surface area contributed by atoms with Crippen molar-refractivity contribution in [1.29, 1.82) is 0 Å². The van der Waals surface area contributed by atoms with Gasteiger partial charge in [-0.25, -0.2) is 4.79 Å². The summed E-state index contributed by atoms with van der Waals surface area (Å²) in [6.45, 7) is 0.883. The van der Waals surface area contributed by atoms with Crippen molar-refractivity contribution < 1.29 is 9.53 Å². The summed E-state index contributed by atoms with van der Waals surface area (Å²) in [5, 5.41) is 2.85. The number of hydrogen-bond donors (Lipinski definition) is 1. The molecule has 0 bridgehead atoms. The molecule has 1 N–H and O–H groups in total. The highest BCUT2D eigenvalue weighted by molar-refractivity contribution is 5.79. The Morgan fingerprint density at radius 3 is 2.32 bits per heavy atom. The van der Waals surface area contributed by atoms with Crippen LogP contribution in [0.5, 0.6) is 0 Å². The molecule has 1 aliphatic carbocycles. The number of amides is 1. The van der Waals surface area contributed by atoms with Crippen LogP contribution in [-0.4, -0.2) is 33.3 Å². The molecule has 0 aromatic heterocycles. The first-order valence-electron chi connectivity index (χ1n) is 10.7. The van der Waals surface area contributed by atoms with E-state index in [9.17, 15) is 4.79 Å². The predicted molar refractivity (Wildman–Crippen MR) is 127 cm³/mol. The lowest BCUT2D eigenvalue weighted by molar-refractivity contribution is 0.143. The predicted octanol–water partition coefficient (Wildman–Crippen LogP) is 5.69. The molecule has 0 saturated carbocycles. The number of benzene rings is 3. The molecular weight excluding hydrogens is 384 g/mol. The van der Waals surface area contributed by atoms with Crippen LogP contribution in [0.25, 0.3) is 17.2 Å². The molecule has 4 rings (SSSR count). The van der Waals surface area contributed by atoms with E-state index in [1.54, 1.807) is 0 Å². The minimum atomic E-state index is -0.370. The molecule has 0 aliphatic heterocycles. The van der Waals surface area contributed by atoms with Crippen molar-refractivity contribution in [1.82, 2.24) is 5.32 Å². The van der Waals surface area contributed by atoms with Crippen LogP contribution < -0.4 is 10.2 Å². The Kier molecular flexibility index (Phi) is 6.37. The lowest BCUT2D eigenvalue weighted by atomic mass is 9.98. The minimum absolute atomic E-state index is 0.0852. The maximum atomic E-state index is 12.2. The van der Waals surface area contributed by atoms with Gasteiger partial charge in [-0.3, -0.25) is 0 Å². The van der Waals surface area contributed by atoms with E-state index in [4.69, 9.17) is 4.74 Å². The summed E-state index contributed by atoms with van der Waals surface area (Å²) in [5.74, 6) is 0.0852. The smallest absolute Gasteiger partial charge is 0.407 e. The van der Waals surface area contributed by atoms with Crippen molar-refractivity contribution in [3.63, 3.8) is 0 Å². The van der Waals surface area contributed by atoms with Crippen LogP contribution in [0.1, 0.15) is 29.0 Å². The Bertz CT molecular complexity index is 1040. The maximum absolute atomic E-state index is 12.2. The van der Waals surface area contributed by atoms with E-state index < -0.39 is 0 Å². The molecule has 4 heteroatoms. The zero-order valence-corrected chi connectivity index (χ0v) is 18.0. The second kappa shape index (κ2) is 9.52. The Morgan fingerprint density at radius 2 is 1.65 bits per heavy atom. The van der Waals surface area contributed by atoms with Gasteiger partial charge in [0, 0.05) is 32.2 Å². The zero-order valence-electron chi connectivity index (χ0n) is 18.0. The first-order valence-corrected chi connectivity index (χ1v) is 10.7. The average molecular weight is 413 g/mol. The van der Waals surface area contributed by atoms with Crippen LogP contribution >= 0.6 is 0 Å². The molecule has 3 aromatic rings. The maximum Gasteiger partial charge on any atom is 0.407 e. The fraction of sp³-hybridized carbons (Fsp3) is 0.222. The third-order valence-corrected chi connectivity index (χ3v) is 5.62. The number of alkyl carbamates (subject to hydrolysis) is 1. The average Bonchev–Trinajstić information content (AvgIpc) is 3.11. The highest BCUT2D eigenvalue weighted by Crippen LogP contribution is 2.44. The molecule has 1 amide bonds. The third kappa shape index (κ3) is 4.80. The molecule has 4 nitrogen and oxygen atoms in total. The number of nitrogens with one attached hydrogen (secondary N) is 1. The second-order valence-corrected chi connectivity index (χ2v) is 7.93. The van der Waals surface area contributed by atoms with Gasteiger partial charge in [0.2, 0.25) is 0 Å².